The van der Waals surface area contributed by atoms with E-state index in [1.807, 2.05) is 12.1 Å². The Morgan fingerprint density at radius 2 is 1.08 bits per heavy atom. The summed E-state index contributed by atoms with van der Waals surface area (Å²) < 4.78 is 20.5. The van der Waals surface area contributed by atoms with Gasteiger partial charge in [0.25, 0.3) is 0 Å². The van der Waals surface area contributed by atoms with Crippen molar-refractivity contribution in [3.8, 4) is 11.5 Å². The van der Waals surface area contributed by atoms with Crippen LogP contribution in [0.3, 0.4) is 0 Å². The van der Waals surface area contributed by atoms with Gasteiger partial charge in [0.05, 0.1) is 12.8 Å². The number of aliphatic carboxylic acids is 1. The van der Waals surface area contributed by atoms with Gasteiger partial charge < -0.3 is 55.1 Å². The van der Waals surface area contributed by atoms with Gasteiger partial charge in [0.1, 0.15) is 46.0 Å². The number of benzene rings is 2. The van der Waals surface area contributed by atoms with E-state index in [1.54, 1.807) is 101 Å². The number of nitrogens with one attached hydrogen (secondary N) is 3. The predicted octanol–water partition coefficient (Wildman–Crippen LogP) is 6.38. The summed E-state index contributed by atoms with van der Waals surface area (Å²) in [5, 5.41) is 35.6. The molecular weight excluding hydrogens is 804 g/mol. The predicted molar refractivity (Wildman–Crippen MR) is 227 cm³/mol. The Hall–Kier alpha value is -5.45. The van der Waals surface area contributed by atoms with Crippen molar-refractivity contribution in [1.29, 1.82) is 0 Å². The lowest BCUT2D eigenvalue weighted by Gasteiger charge is -2.27. The highest BCUT2D eigenvalue weighted by atomic mass is 35.5. The number of nitrogens with zero attached hydrogens (tertiary/aromatic N) is 1. The number of phenols is 2. The Bertz CT molecular complexity index is 1770. The fraction of sp³-hybridized carbons (Fsp3) is 0.571. The molecule has 6 N–H and O–H groups in total. The number of halogens is 1. The highest BCUT2D eigenvalue weighted by molar-refractivity contribution is 6.02. The molecule has 3 amide bonds. The molecule has 17 nitrogen and oxygen atoms in total. The molecule has 0 spiro atoms. The smallest absolute Gasteiger partial charge is 0.408 e. The van der Waals surface area contributed by atoms with Crippen molar-refractivity contribution in [3.05, 3.63) is 47.5 Å². The van der Waals surface area contributed by atoms with Crippen LogP contribution in [0.15, 0.2) is 36.4 Å². The summed E-state index contributed by atoms with van der Waals surface area (Å²) in [4.78, 5) is 73.3. The molecule has 0 fully saturated rings. The maximum Gasteiger partial charge on any atom is 0.408 e. The number of hydrogen-bond acceptors (Lipinski definition) is 13. The Balaban J connectivity index is 0.000000499. The SMILES string of the molecule is CC(C)(C)OC(=O)C[C@@H](NC(=O)OC(C)(C)C)C(=O)N1CCc2cc(O)ccc21.CC(C)(C)OC(=O)C[C@@H](NC(=O)OC(C)(C)C)C(=O)O.Cl.Oc1ccc2c(c1)CCN2. The first-order valence-electron chi connectivity index (χ1n) is 19.3. The van der Waals surface area contributed by atoms with Crippen LogP contribution in [0.5, 0.6) is 11.5 Å². The molecule has 4 rings (SSSR count). The number of aromatic hydroxyl groups is 2. The molecular formula is C42H63ClN4O13. The second-order valence-electron chi connectivity index (χ2n) is 17.9. The first kappa shape index (κ1) is 52.6. The van der Waals surface area contributed by atoms with Crippen LogP contribution < -0.4 is 20.9 Å². The number of alkyl carbamates (subject to hydrolysis) is 2. The van der Waals surface area contributed by atoms with Crippen molar-refractivity contribution in [2.24, 2.45) is 0 Å². The van der Waals surface area contributed by atoms with E-state index in [4.69, 9.17) is 29.2 Å². The number of anilines is 2. The van der Waals surface area contributed by atoms with Crippen LogP contribution >= 0.6 is 12.4 Å². The number of amides is 3. The highest BCUT2D eigenvalue weighted by Crippen LogP contribution is 2.32. The summed E-state index contributed by atoms with van der Waals surface area (Å²) in [6.45, 7) is 21.7. The van der Waals surface area contributed by atoms with E-state index in [9.17, 15) is 33.9 Å². The molecule has 2 aromatic carbocycles. The minimum atomic E-state index is -1.39. The van der Waals surface area contributed by atoms with Crippen LogP contribution in [0.4, 0.5) is 21.0 Å². The van der Waals surface area contributed by atoms with E-state index in [0.717, 1.165) is 24.2 Å². The quantitative estimate of drug-likeness (QED) is 0.0959. The lowest BCUT2D eigenvalue weighted by Crippen LogP contribution is -2.50. The molecule has 2 aliphatic rings. The Morgan fingerprint density at radius 3 is 1.55 bits per heavy atom. The number of hydrogen-bond donors (Lipinski definition) is 6. The minimum Gasteiger partial charge on any atom is -0.508 e. The maximum absolute atomic E-state index is 13.2. The molecule has 0 unspecified atom stereocenters. The lowest BCUT2D eigenvalue weighted by atomic mass is 10.1. The van der Waals surface area contributed by atoms with Gasteiger partial charge in [-0.3, -0.25) is 14.4 Å². The lowest BCUT2D eigenvalue weighted by molar-refractivity contribution is -0.158. The van der Waals surface area contributed by atoms with Crippen LogP contribution in [0.2, 0.25) is 0 Å². The monoisotopic (exact) mass is 866 g/mol. The number of carbonyl (C=O) groups is 6. The van der Waals surface area contributed by atoms with Gasteiger partial charge in [-0.05, 0) is 143 Å². The summed E-state index contributed by atoms with van der Waals surface area (Å²) in [6.07, 6.45) is -0.867. The topological polar surface area (TPSA) is 239 Å². The largest absolute Gasteiger partial charge is 0.508 e. The van der Waals surface area contributed by atoms with Crippen molar-refractivity contribution in [3.63, 3.8) is 0 Å². The van der Waals surface area contributed by atoms with Crippen molar-refractivity contribution in [2.75, 3.05) is 23.3 Å². The van der Waals surface area contributed by atoms with Crippen molar-refractivity contribution < 1.29 is 63.0 Å². The summed E-state index contributed by atoms with van der Waals surface area (Å²) in [7, 11) is 0. The summed E-state index contributed by atoms with van der Waals surface area (Å²) in [5.74, 6) is -2.59. The van der Waals surface area contributed by atoms with Crippen molar-refractivity contribution in [2.45, 2.75) is 143 Å². The van der Waals surface area contributed by atoms with Gasteiger partial charge in [-0.15, -0.1) is 12.4 Å². The summed E-state index contributed by atoms with van der Waals surface area (Å²) >= 11 is 0. The molecule has 0 saturated carbocycles. The first-order chi connectivity index (χ1) is 26.9. The molecule has 0 saturated heterocycles. The highest BCUT2D eigenvalue weighted by Gasteiger charge is 2.35. The average Bonchev–Trinajstić information content (AvgIpc) is 3.67. The maximum atomic E-state index is 13.2. The van der Waals surface area contributed by atoms with Gasteiger partial charge in [0, 0.05) is 24.5 Å². The summed E-state index contributed by atoms with van der Waals surface area (Å²) in [5.41, 5.74) is 0.929. The molecule has 2 aromatic rings. The molecule has 0 aliphatic carbocycles. The normalized spacial score (nSPS) is 14.0. The number of carboxylic acid groups (broad SMARTS) is 1. The zero-order chi connectivity index (χ0) is 45.1. The van der Waals surface area contributed by atoms with Crippen LogP contribution in [0.1, 0.15) is 107 Å². The number of carboxylic acids is 1. The first-order valence-corrected chi connectivity index (χ1v) is 19.3. The van der Waals surface area contributed by atoms with E-state index in [-0.39, 0.29) is 24.6 Å². The third-order valence-electron chi connectivity index (χ3n) is 7.58. The fourth-order valence-electron chi connectivity index (χ4n) is 5.50. The van der Waals surface area contributed by atoms with E-state index >= 15 is 0 Å². The van der Waals surface area contributed by atoms with Gasteiger partial charge in [0.2, 0.25) is 5.91 Å². The number of carbonyl (C=O) groups excluding carboxylic acids is 5. The Labute approximate surface area is 358 Å². The molecule has 0 radical (unpaired) electrons. The Morgan fingerprint density at radius 1 is 0.650 bits per heavy atom. The third kappa shape index (κ3) is 20.0. The van der Waals surface area contributed by atoms with Crippen LogP contribution in [-0.4, -0.2) is 98.9 Å². The zero-order valence-corrected chi connectivity index (χ0v) is 37.5. The molecule has 2 heterocycles. The van der Waals surface area contributed by atoms with Crippen molar-refractivity contribution >= 4 is 59.8 Å². The molecule has 18 heteroatoms. The number of esters is 2. The third-order valence-corrected chi connectivity index (χ3v) is 7.58. The molecule has 336 valence electrons. The number of rotatable bonds is 8. The Kier molecular flexibility index (Phi) is 19.0. The second-order valence-corrected chi connectivity index (χ2v) is 17.9. The molecule has 0 aromatic heterocycles. The van der Waals surface area contributed by atoms with Crippen LogP contribution in [0.25, 0.3) is 0 Å². The van der Waals surface area contributed by atoms with Gasteiger partial charge in [-0.2, -0.15) is 0 Å². The van der Waals surface area contributed by atoms with Crippen LogP contribution in [-0.2, 0) is 51.0 Å². The second kappa shape index (κ2) is 21.7. The van der Waals surface area contributed by atoms with Crippen LogP contribution in [0, 0.1) is 0 Å². The van der Waals surface area contributed by atoms with Gasteiger partial charge in [0.15, 0.2) is 0 Å². The van der Waals surface area contributed by atoms with Gasteiger partial charge in [-0.1, -0.05) is 0 Å². The number of ether oxygens (including phenoxy) is 4. The minimum absolute atomic E-state index is 0. The van der Waals surface area contributed by atoms with E-state index in [0.29, 0.717) is 24.4 Å². The molecule has 2 atom stereocenters. The zero-order valence-electron chi connectivity index (χ0n) is 36.6. The average molecular weight is 867 g/mol. The number of fused-ring (bicyclic) bond motifs is 2. The van der Waals surface area contributed by atoms with E-state index in [1.165, 1.54) is 16.5 Å². The van der Waals surface area contributed by atoms with E-state index in [2.05, 4.69) is 16.0 Å². The summed E-state index contributed by atoms with van der Waals surface area (Å²) in [6, 6.07) is 7.65. The van der Waals surface area contributed by atoms with E-state index < -0.39 is 76.9 Å². The standard InChI is InChI=1S/C21H30N2O6.C13H23NO6.C8H9NO.ClH/c1-20(2,3)28-17(25)12-15(22-19(27)29-21(4,5)6)18(26)23-10-9-13-11-14(24)7-8-16(13)23;1-12(2,3)19-9(15)7-8(10(16)17)14-11(18)20-13(4,5)6;10-7-1-2-8-6(5-7)3-4-9-8;/h7-8,11,15,24H,9-10,12H2,1-6H3,(H,22,27);8H,7H2,1-6H3,(H,14,18)(H,16,17);1-2,5,9-10H,3-4H2;1H/t15-;8-;;/m11../s1. The number of phenolic OH excluding ortho intramolecular Hbond substituents is 2. The molecule has 0 bridgehead atoms. The molecule has 60 heavy (non-hydrogen) atoms. The fourth-order valence-corrected chi connectivity index (χ4v) is 5.50. The van der Waals surface area contributed by atoms with Gasteiger partial charge >= 0.3 is 30.1 Å². The van der Waals surface area contributed by atoms with Crippen molar-refractivity contribution in [1.82, 2.24) is 10.6 Å². The van der Waals surface area contributed by atoms with Gasteiger partial charge in [-0.25, -0.2) is 14.4 Å². The molecule has 2 aliphatic heterocycles.